The van der Waals surface area contributed by atoms with Gasteiger partial charge in [-0.1, -0.05) is 56.3 Å². The minimum Gasteiger partial charge on any atom is -0.493 e. The minimum absolute atomic E-state index is 0.0354. The van der Waals surface area contributed by atoms with Crippen LogP contribution in [0.2, 0.25) is 0 Å². The molecule has 0 saturated heterocycles. The Morgan fingerprint density at radius 2 is 1.68 bits per heavy atom. The first kappa shape index (κ1) is 29.4. The molecule has 0 spiro atoms. The monoisotopic (exact) mass is 546 g/mol. The standard InChI is InChI=1S/C33H42N2O5/c1-23(2)33(20-25-11-7-9-13-28(25)35(4)32(33)37)27-12-8-10-14-29(27)40-22-26(36)21-34(3)18-17-24-15-16-30(38-5)31(19-24)39-6/h7-16,19,23,26,36H,17-18,20-22H2,1-6H3. The van der Waals surface area contributed by atoms with E-state index in [9.17, 15) is 9.90 Å². The number of hydrogen-bond acceptors (Lipinski definition) is 6. The van der Waals surface area contributed by atoms with Gasteiger partial charge in [-0.05, 0) is 61.2 Å². The highest BCUT2D eigenvalue weighted by Crippen LogP contribution is 2.47. The lowest BCUT2D eigenvalue weighted by atomic mass is 9.64. The van der Waals surface area contributed by atoms with Crippen molar-refractivity contribution in [3.63, 3.8) is 0 Å². The van der Waals surface area contributed by atoms with Gasteiger partial charge in [0.15, 0.2) is 11.5 Å². The SMILES string of the molecule is COc1ccc(CCN(C)CC(O)COc2ccccc2C2(C(C)C)Cc3ccccc3N(C)C2=O)cc1OC. The number of ether oxygens (including phenoxy) is 3. The van der Waals surface area contributed by atoms with Gasteiger partial charge in [0.25, 0.3) is 0 Å². The highest BCUT2D eigenvalue weighted by molar-refractivity contribution is 6.04. The van der Waals surface area contributed by atoms with Crippen molar-refractivity contribution < 1.29 is 24.1 Å². The second-order valence-corrected chi connectivity index (χ2v) is 11.0. The molecule has 3 aromatic carbocycles. The third kappa shape index (κ3) is 5.96. The van der Waals surface area contributed by atoms with Crippen LogP contribution in [-0.4, -0.2) is 70.0 Å². The van der Waals surface area contributed by atoms with Crippen LogP contribution in [0, 0.1) is 5.92 Å². The Bertz CT molecular complexity index is 1310. The summed E-state index contributed by atoms with van der Waals surface area (Å²) in [4.78, 5) is 17.8. The lowest BCUT2D eigenvalue weighted by Crippen LogP contribution is -2.53. The van der Waals surface area contributed by atoms with Gasteiger partial charge in [-0.2, -0.15) is 0 Å². The van der Waals surface area contributed by atoms with Crippen molar-refractivity contribution >= 4 is 11.6 Å². The summed E-state index contributed by atoms with van der Waals surface area (Å²) in [5, 5.41) is 10.8. The van der Waals surface area contributed by atoms with Crippen LogP contribution in [0.15, 0.2) is 66.7 Å². The molecule has 2 atom stereocenters. The van der Waals surface area contributed by atoms with Crippen molar-refractivity contribution in [3.8, 4) is 17.2 Å². The van der Waals surface area contributed by atoms with Crippen LogP contribution < -0.4 is 19.1 Å². The Kier molecular flexibility index (Phi) is 9.38. The molecule has 2 unspecified atom stereocenters. The number of fused-ring (bicyclic) bond motifs is 1. The fourth-order valence-corrected chi connectivity index (χ4v) is 5.75. The molecule has 7 heteroatoms. The summed E-state index contributed by atoms with van der Waals surface area (Å²) in [5.41, 5.74) is 3.33. The second-order valence-electron chi connectivity index (χ2n) is 11.0. The summed E-state index contributed by atoms with van der Waals surface area (Å²) in [6.07, 6.45) is 0.719. The Morgan fingerprint density at radius 1 is 0.975 bits per heavy atom. The van der Waals surface area contributed by atoms with Crippen molar-refractivity contribution in [3.05, 3.63) is 83.4 Å². The highest BCUT2D eigenvalue weighted by atomic mass is 16.5. The van der Waals surface area contributed by atoms with Gasteiger partial charge < -0.3 is 29.1 Å². The molecule has 1 N–H and O–H groups in total. The fourth-order valence-electron chi connectivity index (χ4n) is 5.75. The zero-order valence-electron chi connectivity index (χ0n) is 24.5. The van der Waals surface area contributed by atoms with E-state index in [0.29, 0.717) is 30.2 Å². The highest BCUT2D eigenvalue weighted by Gasteiger charge is 2.50. The van der Waals surface area contributed by atoms with Crippen LogP contribution in [0.25, 0.3) is 0 Å². The quantitative estimate of drug-likeness (QED) is 0.354. The molecule has 1 amide bonds. The van der Waals surface area contributed by atoms with E-state index < -0.39 is 11.5 Å². The topological polar surface area (TPSA) is 71.5 Å². The normalized spacial score (nSPS) is 17.6. The van der Waals surface area contributed by atoms with E-state index in [0.717, 1.165) is 35.3 Å². The van der Waals surface area contributed by atoms with Crippen LogP contribution in [0.3, 0.4) is 0 Å². The zero-order chi connectivity index (χ0) is 28.9. The zero-order valence-corrected chi connectivity index (χ0v) is 24.5. The van der Waals surface area contributed by atoms with Crippen LogP contribution in [0.5, 0.6) is 17.2 Å². The molecule has 1 aliphatic heterocycles. The molecule has 214 valence electrons. The lowest BCUT2D eigenvalue weighted by Gasteiger charge is -2.44. The first-order valence-electron chi connectivity index (χ1n) is 13.9. The smallest absolute Gasteiger partial charge is 0.238 e. The number of benzene rings is 3. The van der Waals surface area contributed by atoms with Gasteiger partial charge in [0.05, 0.1) is 19.6 Å². The molecule has 40 heavy (non-hydrogen) atoms. The summed E-state index contributed by atoms with van der Waals surface area (Å²) >= 11 is 0. The van der Waals surface area contributed by atoms with Crippen LogP contribution in [0.4, 0.5) is 5.69 Å². The van der Waals surface area contributed by atoms with Crippen LogP contribution in [-0.2, 0) is 23.1 Å². The molecular weight excluding hydrogens is 504 g/mol. The summed E-state index contributed by atoms with van der Waals surface area (Å²) in [5.74, 6) is 2.16. The molecule has 0 radical (unpaired) electrons. The molecule has 1 aliphatic rings. The number of carbonyl (C=O) groups is 1. The van der Waals surface area contributed by atoms with Crippen LogP contribution in [0.1, 0.15) is 30.5 Å². The number of carbonyl (C=O) groups excluding carboxylic acids is 1. The number of methoxy groups -OCH3 is 2. The van der Waals surface area contributed by atoms with Crippen molar-refractivity contribution in [2.45, 2.75) is 38.2 Å². The Balaban J connectivity index is 1.43. The van der Waals surface area contributed by atoms with Gasteiger partial charge in [-0.3, -0.25) is 4.79 Å². The number of para-hydroxylation sites is 2. The van der Waals surface area contributed by atoms with E-state index in [1.165, 1.54) is 0 Å². The predicted octanol–water partition coefficient (Wildman–Crippen LogP) is 4.73. The molecule has 0 aromatic heterocycles. The molecule has 0 saturated carbocycles. The summed E-state index contributed by atoms with van der Waals surface area (Å²) in [6, 6.07) is 21.8. The van der Waals surface area contributed by atoms with E-state index in [-0.39, 0.29) is 18.4 Å². The third-order valence-electron chi connectivity index (χ3n) is 8.05. The van der Waals surface area contributed by atoms with E-state index in [1.54, 1.807) is 19.1 Å². The van der Waals surface area contributed by atoms with Crippen LogP contribution >= 0.6 is 0 Å². The lowest BCUT2D eigenvalue weighted by molar-refractivity contribution is -0.126. The number of aliphatic hydroxyl groups is 1. The van der Waals surface area contributed by atoms with Gasteiger partial charge in [-0.25, -0.2) is 0 Å². The maximum atomic E-state index is 14.0. The summed E-state index contributed by atoms with van der Waals surface area (Å²) < 4.78 is 17.0. The number of aliphatic hydroxyl groups excluding tert-OH is 1. The molecule has 3 aromatic rings. The first-order valence-corrected chi connectivity index (χ1v) is 13.9. The molecular formula is C33H42N2O5. The number of hydrogen-bond donors (Lipinski definition) is 1. The van der Waals surface area contributed by atoms with Crippen molar-refractivity contribution in [1.82, 2.24) is 4.90 Å². The van der Waals surface area contributed by atoms with Crippen molar-refractivity contribution in [2.75, 3.05) is 52.9 Å². The van der Waals surface area contributed by atoms with Gasteiger partial charge >= 0.3 is 0 Å². The number of nitrogens with zero attached hydrogens (tertiary/aromatic N) is 2. The minimum atomic E-state index is -0.763. The average Bonchev–Trinajstić information content (AvgIpc) is 2.96. The summed E-state index contributed by atoms with van der Waals surface area (Å²) in [7, 11) is 7.09. The maximum Gasteiger partial charge on any atom is 0.238 e. The molecule has 7 nitrogen and oxygen atoms in total. The number of amides is 1. The number of likely N-dealkylation sites (N-methyl/N-ethyl adjacent to an activating group) is 2. The Hall–Kier alpha value is -3.55. The van der Waals surface area contributed by atoms with Gasteiger partial charge in [0, 0.05) is 31.4 Å². The molecule has 0 fully saturated rings. The third-order valence-corrected chi connectivity index (χ3v) is 8.05. The van der Waals surface area contributed by atoms with E-state index in [1.807, 2.05) is 74.8 Å². The molecule has 1 heterocycles. The van der Waals surface area contributed by atoms with Gasteiger partial charge in [0.2, 0.25) is 5.91 Å². The average molecular weight is 547 g/mol. The second kappa shape index (κ2) is 12.7. The largest absolute Gasteiger partial charge is 0.493 e. The molecule has 0 bridgehead atoms. The van der Waals surface area contributed by atoms with E-state index in [2.05, 4.69) is 24.8 Å². The molecule has 0 aliphatic carbocycles. The van der Waals surface area contributed by atoms with Crippen molar-refractivity contribution in [2.24, 2.45) is 5.92 Å². The predicted molar refractivity (Wildman–Crippen MR) is 159 cm³/mol. The van der Waals surface area contributed by atoms with Crippen molar-refractivity contribution in [1.29, 1.82) is 0 Å². The Labute approximate surface area is 238 Å². The Morgan fingerprint density at radius 3 is 2.40 bits per heavy atom. The molecule has 4 rings (SSSR count). The fraction of sp³-hybridized carbons (Fsp3) is 0.424. The van der Waals surface area contributed by atoms with E-state index >= 15 is 0 Å². The maximum absolute atomic E-state index is 14.0. The summed E-state index contributed by atoms with van der Waals surface area (Å²) in [6.45, 7) is 5.55. The first-order chi connectivity index (χ1) is 19.2. The van der Waals surface area contributed by atoms with E-state index in [4.69, 9.17) is 14.2 Å². The van der Waals surface area contributed by atoms with Gasteiger partial charge in [-0.15, -0.1) is 0 Å². The number of rotatable bonds is 12. The van der Waals surface area contributed by atoms with Gasteiger partial charge in [0.1, 0.15) is 18.5 Å². The number of anilines is 1.